The van der Waals surface area contributed by atoms with Crippen LogP contribution in [-0.2, 0) is 6.54 Å². The maximum Gasteiger partial charge on any atom is 0.265 e. The van der Waals surface area contributed by atoms with E-state index in [1.807, 2.05) is 13.0 Å². The topological polar surface area (TPSA) is 128 Å². The number of nitrogen functional groups attached to an aromatic ring is 2. The van der Waals surface area contributed by atoms with Crippen molar-refractivity contribution in [1.29, 1.82) is 0 Å². The summed E-state index contributed by atoms with van der Waals surface area (Å²) in [4.78, 5) is 20.8. The number of nitrogens with two attached hydrogens (primary N) is 2. The Morgan fingerprint density at radius 3 is 2.85 bits per heavy atom. The molecule has 3 aromatic rings. The van der Waals surface area contributed by atoms with Crippen molar-refractivity contribution in [3.63, 3.8) is 0 Å². The Morgan fingerprint density at radius 1 is 1.40 bits per heavy atom. The van der Waals surface area contributed by atoms with Crippen molar-refractivity contribution >= 4 is 22.7 Å². The third-order valence-electron chi connectivity index (χ3n) is 3.12. The highest BCUT2D eigenvalue weighted by Gasteiger charge is 2.18. The number of H-pyrrole nitrogens is 1. The van der Waals surface area contributed by atoms with Crippen LogP contribution in [0.4, 0.5) is 11.6 Å². The number of fused-ring (bicyclic) bond motifs is 1. The zero-order chi connectivity index (χ0) is 14.3. The molecule has 0 saturated heterocycles. The largest absolute Gasteiger partial charge is 0.397 e. The van der Waals surface area contributed by atoms with E-state index < -0.39 is 0 Å². The summed E-state index contributed by atoms with van der Waals surface area (Å²) in [5.41, 5.74) is 12.4. The van der Waals surface area contributed by atoms with Gasteiger partial charge < -0.3 is 11.5 Å². The Kier molecular flexibility index (Phi) is 2.63. The monoisotopic (exact) mass is 271 g/mol. The lowest BCUT2D eigenvalue weighted by atomic mass is 10.1. The summed E-state index contributed by atoms with van der Waals surface area (Å²) in [6.45, 7) is 2.34. The number of anilines is 2. The Hall–Kier alpha value is -2.90. The number of nitrogens with one attached hydrogen (secondary N) is 1. The Bertz CT molecular complexity index is 849. The molecule has 0 bridgehead atoms. The van der Waals surface area contributed by atoms with Crippen molar-refractivity contribution in [2.75, 3.05) is 11.5 Å². The zero-order valence-corrected chi connectivity index (χ0v) is 10.8. The first-order valence-electron chi connectivity index (χ1n) is 6.08. The minimum atomic E-state index is -0.271. The van der Waals surface area contributed by atoms with E-state index in [0.29, 0.717) is 23.3 Å². The SMILES string of the molecule is CCn1c(=O)c(-c2nc(N)n[nH]2)c(N)c2cccnc21. The Labute approximate surface area is 113 Å². The van der Waals surface area contributed by atoms with Gasteiger partial charge >= 0.3 is 0 Å². The maximum absolute atomic E-state index is 12.6. The van der Waals surface area contributed by atoms with Crippen molar-refractivity contribution in [2.45, 2.75) is 13.5 Å². The normalized spacial score (nSPS) is 11.1. The average Bonchev–Trinajstić information content (AvgIpc) is 2.86. The zero-order valence-electron chi connectivity index (χ0n) is 10.8. The third kappa shape index (κ3) is 1.62. The molecule has 0 aromatic carbocycles. The van der Waals surface area contributed by atoms with Gasteiger partial charge in [0.05, 0.1) is 5.69 Å². The summed E-state index contributed by atoms with van der Waals surface area (Å²) in [6, 6.07) is 3.58. The van der Waals surface area contributed by atoms with Crippen LogP contribution in [0.15, 0.2) is 23.1 Å². The minimum Gasteiger partial charge on any atom is -0.397 e. The van der Waals surface area contributed by atoms with E-state index in [1.54, 1.807) is 16.8 Å². The van der Waals surface area contributed by atoms with E-state index in [0.717, 1.165) is 0 Å². The quantitative estimate of drug-likeness (QED) is 0.617. The molecule has 0 spiro atoms. The number of hydrogen-bond acceptors (Lipinski definition) is 6. The molecule has 0 fully saturated rings. The molecule has 0 saturated carbocycles. The van der Waals surface area contributed by atoms with Gasteiger partial charge in [-0.05, 0) is 19.1 Å². The molecule has 0 amide bonds. The van der Waals surface area contributed by atoms with E-state index in [9.17, 15) is 4.79 Å². The van der Waals surface area contributed by atoms with Gasteiger partial charge in [0.2, 0.25) is 5.95 Å². The second kappa shape index (κ2) is 4.34. The molecule has 0 unspecified atom stereocenters. The van der Waals surface area contributed by atoms with Gasteiger partial charge in [0, 0.05) is 18.1 Å². The number of hydrogen-bond donors (Lipinski definition) is 3. The number of aromatic amines is 1. The molecule has 3 aromatic heterocycles. The Morgan fingerprint density at radius 2 is 2.20 bits per heavy atom. The van der Waals surface area contributed by atoms with E-state index >= 15 is 0 Å². The van der Waals surface area contributed by atoms with Gasteiger partial charge in [-0.2, -0.15) is 4.98 Å². The summed E-state index contributed by atoms with van der Waals surface area (Å²) in [5, 5.41) is 7.05. The van der Waals surface area contributed by atoms with Crippen LogP contribution in [0.2, 0.25) is 0 Å². The van der Waals surface area contributed by atoms with Gasteiger partial charge in [0.1, 0.15) is 11.2 Å². The van der Waals surface area contributed by atoms with Crippen molar-refractivity contribution < 1.29 is 0 Å². The average molecular weight is 271 g/mol. The molecule has 0 aliphatic heterocycles. The van der Waals surface area contributed by atoms with Crippen LogP contribution in [0.5, 0.6) is 0 Å². The lowest BCUT2D eigenvalue weighted by Gasteiger charge is -2.11. The minimum absolute atomic E-state index is 0.0631. The molecule has 0 radical (unpaired) electrons. The first kappa shape index (κ1) is 12.2. The number of pyridine rings is 2. The Balaban J connectivity index is 2.47. The molecule has 20 heavy (non-hydrogen) atoms. The summed E-state index contributed by atoms with van der Waals surface area (Å²) in [6.07, 6.45) is 1.62. The number of aryl methyl sites for hydroxylation is 1. The lowest BCUT2D eigenvalue weighted by Crippen LogP contribution is -2.24. The van der Waals surface area contributed by atoms with Gasteiger partial charge in [-0.1, -0.05) is 0 Å². The first-order chi connectivity index (χ1) is 9.63. The van der Waals surface area contributed by atoms with Crippen LogP contribution in [0.1, 0.15) is 6.92 Å². The fraction of sp³-hybridized carbons (Fsp3) is 0.167. The highest BCUT2D eigenvalue weighted by molar-refractivity contribution is 5.95. The van der Waals surface area contributed by atoms with Gasteiger partial charge in [-0.25, -0.2) is 4.98 Å². The number of nitrogens with zero attached hydrogens (tertiary/aromatic N) is 4. The summed E-state index contributed by atoms with van der Waals surface area (Å²) in [7, 11) is 0. The molecular weight excluding hydrogens is 258 g/mol. The van der Waals surface area contributed by atoms with E-state index in [-0.39, 0.29) is 22.9 Å². The molecule has 0 atom stereocenters. The molecule has 0 aliphatic carbocycles. The van der Waals surface area contributed by atoms with E-state index in [1.165, 1.54) is 0 Å². The fourth-order valence-electron chi connectivity index (χ4n) is 2.21. The van der Waals surface area contributed by atoms with Crippen LogP contribution in [-0.4, -0.2) is 24.7 Å². The fourth-order valence-corrected chi connectivity index (χ4v) is 2.21. The van der Waals surface area contributed by atoms with E-state index in [4.69, 9.17) is 11.5 Å². The number of aromatic nitrogens is 5. The third-order valence-corrected chi connectivity index (χ3v) is 3.12. The molecule has 3 rings (SSSR count). The maximum atomic E-state index is 12.6. The van der Waals surface area contributed by atoms with Crippen LogP contribution < -0.4 is 17.0 Å². The molecule has 8 heteroatoms. The summed E-state index contributed by atoms with van der Waals surface area (Å²) in [5.74, 6) is 0.325. The smallest absolute Gasteiger partial charge is 0.265 e. The molecule has 102 valence electrons. The standard InChI is InChI=1S/C12H13N7O/c1-2-19-10-6(4-3-5-15-10)8(13)7(11(19)20)9-16-12(14)18-17-9/h3-5H,2,13H2,1H3,(H3,14,16,17,18). The van der Waals surface area contributed by atoms with Gasteiger partial charge in [-0.3, -0.25) is 14.5 Å². The van der Waals surface area contributed by atoms with Crippen LogP contribution in [0, 0.1) is 0 Å². The number of rotatable bonds is 2. The van der Waals surface area contributed by atoms with Gasteiger partial charge in [0.15, 0.2) is 5.82 Å². The highest BCUT2D eigenvalue weighted by atomic mass is 16.1. The van der Waals surface area contributed by atoms with Crippen molar-refractivity contribution in [3.05, 3.63) is 28.7 Å². The van der Waals surface area contributed by atoms with E-state index in [2.05, 4.69) is 20.2 Å². The van der Waals surface area contributed by atoms with Crippen LogP contribution >= 0.6 is 0 Å². The predicted molar refractivity (Wildman–Crippen MR) is 75.9 cm³/mol. The van der Waals surface area contributed by atoms with Crippen LogP contribution in [0.25, 0.3) is 22.4 Å². The lowest BCUT2D eigenvalue weighted by molar-refractivity contribution is 0.751. The molecule has 5 N–H and O–H groups in total. The molecular formula is C12H13N7O. The van der Waals surface area contributed by atoms with Crippen molar-refractivity contribution in [3.8, 4) is 11.4 Å². The van der Waals surface area contributed by atoms with Gasteiger partial charge in [0.25, 0.3) is 5.56 Å². The highest BCUT2D eigenvalue weighted by Crippen LogP contribution is 2.26. The molecule has 3 heterocycles. The van der Waals surface area contributed by atoms with Gasteiger partial charge in [-0.15, -0.1) is 5.10 Å². The molecule has 0 aliphatic rings. The van der Waals surface area contributed by atoms with Crippen molar-refractivity contribution in [1.82, 2.24) is 24.7 Å². The summed E-state index contributed by atoms with van der Waals surface area (Å²) < 4.78 is 1.54. The second-order valence-corrected chi connectivity index (χ2v) is 4.25. The second-order valence-electron chi connectivity index (χ2n) is 4.25. The molecule has 8 nitrogen and oxygen atoms in total. The summed E-state index contributed by atoms with van der Waals surface area (Å²) >= 11 is 0. The first-order valence-corrected chi connectivity index (χ1v) is 6.08. The predicted octanol–water partition coefficient (Wildman–Crippen LogP) is 0.366. The van der Waals surface area contributed by atoms with Crippen LogP contribution in [0.3, 0.4) is 0 Å². The van der Waals surface area contributed by atoms with Crippen molar-refractivity contribution in [2.24, 2.45) is 0 Å².